The first-order chi connectivity index (χ1) is 36.1. The lowest BCUT2D eigenvalue weighted by Crippen LogP contribution is -2.50. The molecule has 388 valence electrons. The zero-order chi connectivity index (χ0) is 52.5. The maximum absolute atomic E-state index is 16.2. The summed E-state index contributed by atoms with van der Waals surface area (Å²) in [6, 6.07) is 27.5. The number of rotatable bonds is 15. The van der Waals surface area contributed by atoms with E-state index in [4.69, 9.17) is 37.4 Å². The van der Waals surface area contributed by atoms with Gasteiger partial charge in [0.1, 0.15) is 58.3 Å². The number of likely N-dealkylation sites (N-methyl/N-ethyl adjacent to an activating group) is 1. The van der Waals surface area contributed by atoms with Gasteiger partial charge in [-0.15, -0.1) is 22.7 Å². The summed E-state index contributed by atoms with van der Waals surface area (Å²) < 4.78 is 84.4. The third-order valence-electron chi connectivity index (χ3n) is 12.8. The number of nitrogens with zero attached hydrogens (tertiary/aromatic N) is 5. The number of carbonyl (C=O) groups excluding carboxylic acids is 2. The van der Waals surface area contributed by atoms with Gasteiger partial charge in [0.05, 0.1) is 33.1 Å². The van der Waals surface area contributed by atoms with Gasteiger partial charge in [-0.2, -0.15) is 0 Å². The Morgan fingerprint density at radius 1 is 0.693 bits per heavy atom. The molecule has 3 atom stereocenters. The number of hydrogen-bond acceptors (Lipinski definition) is 12. The summed E-state index contributed by atoms with van der Waals surface area (Å²) >= 11 is 22.2. The second kappa shape index (κ2) is 23.1. The summed E-state index contributed by atoms with van der Waals surface area (Å²) in [4.78, 5) is 43.4. The molecule has 22 heteroatoms. The molecule has 75 heavy (non-hydrogen) atoms. The van der Waals surface area contributed by atoms with E-state index in [9.17, 15) is 9.59 Å². The second-order valence-electron chi connectivity index (χ2n) is 17.8. The average molecular weight is 1230 g/mol. The Hall–Kier alpha value is -5.26. The molecule has 0 aliphatic carbocycles. The molecular formula is C53H43Br2Cl2F4N7O5S2. The first-order valence-corrected chi connectivity index (χ1v) is 27.4. The molecule has 12 nitrogen and oxygen atoms in total. The van der Waals surface area contributed by atoms with Crippen LogP contribution in [0.15, 0.2) is 112 Å². The zero-order valence-electron chi connectivity index (χ0n) is 39.5. The fourth-order valence-corrected chi connectivity index (χ4v) is 12.1. The van der Waals surface area contributed by atoms with Crippen molar-refractivity contribution in [2.45, 2.75) is 31.6 Å². The number of halogens is 8. The van der Waals surface area contributed by atoms with E-state index in [0.717, 1.165) is 39.2 Å². The van der Waals surface area contributed by atoms with Crippen molar-refractivity contribution in [2.24, 2.45) is 0 Å². The monoisotopic (exact) mass is 1230 g/mol. The Labute approximate surface area is 462 Å². The molecule has 2 aromatic heterocycles. The number of piperazine rings is 1. The predicted molar refractivity (Wildman–Crippen MR) is 289 cm³/mol. The largest absolute Gasteiger partial charge is 0.483 e. The van der Waals surface area contributed by atoms with E-state index in [0.29, 0.717) is 83.9 Å². The number of ether oxygens (including phenoxy) is 3. The SMILES string of the molecule is CN1CCN(C(NC(=O)c2c(F)ccc(OCc3nc4cc(Cl)ccc4s3)c2F)c2ccc(C3CN(C(NC(=O)c4c(F)ccc(OCc5nc6cc(Cl)ccc6s5)c4F)c4cccc(Br)c4)CCO3)c(Br)c2)CC1. The van der Waals surface area contributed by atoms with Crippen LogP contribution in [-0.4, -0.2) is 89.4 Å². The number of carbonyl (C=O) groups is 2. The molecule has 3 unspecified atom stereocenters. The van der Waals surface area contributed by atoms with Gasteiger partial charge >= 0.3 is 0 Å². The number of fused-ring (bicyclic) bond motifs is 2. The molecule has 2 fully saturated rings. The van der Waals surface area contributed by atoms with Gasteiger partial charge in [-0.1, -0.05) is 79.3 Å². The highest BCUT2D eigenvalue weighted by Crippen LogP contribution is 2.37. The van der Waals surface area contributed by atoms with Crippen molar-refractivity contribution in [1.29, 1.82) is 0 Å². The van der Waals surface area contributed by atoms with Crippen molar-refractivity contribution in [3.05, 3.63) is 183 Å². The van der Waals surface area contributed by atoms with Gasteiger partial charge in [-0.05, 0) is 103 Å². The Kier molecular flexibility index (Phi) is 16.4. The molecule has 2 aliphatic heterocycles. The van der Waals surface area contributed by atoms with Gasteiger partial charge in [0.2, 0.25) is 0 Å². The van der Waals surface area contributed by atoms with Crippen LogP contribution >= 0.6 is 77.7 Å². The predicted octanol–water partition coefficient (Wildman–Crippen LogP) is 12.6. The van der Waals surface area contributed by atoms with Crippen LogP contribution in [0.4, 0.5) is 17.6 Å². The normalized spacial score (nSPS) is 16.5. The lowest BCUT2D eigenvalue weighted by molar-refractivity contribution is -0.0499. The summed E-state index contributed by atoms with van der Waals surface area (Å²) in [6.07, 6.45) is -2.28. The average Bonchev–Trinajstić information content (AvgIpc) is 4.00. The van der Waals surface area contributed by atoms with Crippen LogP contribution < -0.4 is 20.1 Å². The quantitative estimate of drug-likeness (QED) is 0.0960. The topological polar surface area (TPSA) is 121 Å². The van der Waals surface area contributed by atoms with Gasteiger partial charge in [0.25, 0.3) is 11.8 Å². The Bertz CT molecular complexity index is 3460. The van der Waals surface area contributed by atoms with Crippen molar-refractivity contribution in [2.75, 3.05) is 52.9 Å². The highest BCUT2D eigenvalue weighted by Gasteiger charge is 2.34. The minimum atomic E-state index is -1.17. The number of amides is 2. The van der Waals surface area contributed by atoms with Crippen LogP contribution in [0.3, 0.4) is 0 Å². The van der Waals surface area contributed by atoms with E-state index < -0.39 is 64.6 Å². The van der Waals surface area contributed by atoms with Crippen molar-refractivity contribution >= 4 is 110 Å². The maximum Gasteiger partial charge on any atom is 0.258 e. The van der Waals surface area contributed by atoms with Crippen molar-refractivity contribution in [3.8, 4) is 11.5 Å². The van der Waals surface area contributed by atoms with Crippen LogP contribution in [0.2, 0.25) is 10.0 Å². The Morgan fingerprint density at radius 3 is 1.79 bits per heavy atom. The van der Waals surface area contributed by atoms with Crippen LogP contribution in [-0.2, 0) is 18.0 Å². The summed E-state index contributed by atoms with van der Waals surface area (Å²) in [5.41, 5.74) is 1.69. The summed E-state index contributed by atoms with van der Waals surface area (Å²) in [6.45, 7) is 2.95. The second-order valence-corrected chi connectivity index (χ2v) is 22.6. The highest BCUT2D eigenvalue weighted by molar-refractivity contribution is 9.10. The number of aromatic nitrogens is 2. The number of nitrogens with one attached hydrogen (secondary N) is 2. The number of benzene rings is 6. The minimum Gasteiger partial charge on any atom is -0.483 e. The molecular weight excluding hydrogens is 1190 g/mol. The fourth-order valence-electron chi connectivity index (χ4n) is 8.99. The van der Waals surface area contributed by atoms with E-state index in [1.807, 2.05) is 59.3 Å². The molecule has 2 saturated heterocycles. The maximum atomic E-state index is 16.2. The summed E-state index contributed by atoms with van der Waals surface area (Å²) in [7, 11) is 1.99. The van der Waals surface area contributed by atoms with Crippen LogP contribution in [0.5, 0.6) is 11.5 Å². The van der Waals surface area contributed by atoms with E-state index in [1.165, 1.54) is 22.7 Å². The lowest BCUT2D eigenvalue weighted by atomic mass is 10.0. The van der Waals surface area contributed by atoms with Crippen LogP contribution in [0.25, 0.3) is 20.4 Å². The highest BCUT2D eigenvalue weighted by atomic mass is 79.9. The van der Waals surface area contributed by atoms with Gasteiger partial charge in [-0.3, -0.25) is 19.4 Å². The zero-order valence-corrected chi connectivity index (χ0v) is 45.8. The molecule has 2 amide bonds. The smallest absolute Gasteiger partial charge is 0.258 e. The van der Waals surface area contributed by atoms with Crippen molar-refractivity contribution in [1.82, 2.24) is 35.3 Å². The van der Waals surface area contributed by atoms with E-state index in [-0.39, 0.29) is 37.9 Å². The summed E-state index contributed by atoms with van der Waals surface area (Å²) in [5, 5.41) is 7.91. The molecule has 0 saturated carbocycles. The van der Waals surface area contributed by atoms with Gasteiger partial charge in [0, 0.05) is 58.3 Å². The van der Waals surface area contributed by atoms with Crippen molar-refractivity contribution in [3.63, 3.8) is 0 Å². The Balaban J connectivity index is 0.869. The van der Waals surface area contributed by atoms with Crippen molar-refractivity contribution < 1.29 is 41.4 Å². The molecule has 4 heterocycles. The van der Waals surface area contributed by atoms with E-state index in [1.54, 1.807) is 36.4 Å². The fraction of sp³-hybridized carbons (Fsp3) is 0.245. The first-order valence-electron chi connectivity index (χ1n) is 23.4. The summed E-state index contributed by atoms with van der Waals surface area (Å²) in [5.74, 6) is -7.06. The first kappa shape index (κ1) is 53.2. The molecule has 0 radical (unpaired) electrons. The molecule has 6 aromatic carbocycles. The third-order valence-corrected chi connectivity index (χ3v) is 16.5. The van der Waals surface area contributed by atoms with Gasteiger partial charge < -0.3 is 29.7 Å². The van der Waals surface area contributed by atoms with E-state index >= 15 is 17.6 Å². The minimum absolute atomic E-state index is 0.123. The lowest BCUT2D eigenvalue weighted by Gasteiger charge is -2.40. The number of thiazole rings is 2. The number of hydrogen-bond donors (Lipinski definition) is 2. The van der Waals surface area contributed by atoms with Crippen LogP contribution in [0, 0.1) is 23.3 Å². The standard InChI is InChI=1S/C53H43Br2Cl2F4N7O5S2/c1-66-15-17-67(18-16-66)50(64-52(69)46-35(58)9-11-39(48(46)60)72-26-44-62-37-23-31(56)6-13-42(37)74-44)29-5-8-33(34(55)22-29)41-25-68(19-20-71-41)51(28-3-2-4-30(54)21-28)65-53(70)47-36(59)10-12-40(49(47)61)73-27-45-63-38-24-32(57)7-14-43(38)75-45/h2-14,21-24,41,50-51H,15-20,25-27H2,1H3,(H,64,69)(H,65,70). The van der Waals surface area contributed by atoms with Gasteiger partial charge in [0.15, 0.2) is 23.1 Å². The molecule has 2 aliphatic rings. The van der Waals surface area contributed by atoms with Crippen LogP contribution in [0.1, 0.15) is 65.9 Å². The number of morpholine rings is 1. The molecule has 0 spiro atoms. The van der Waals surface area contributed by atoms with E-state index in [2.05, 4.69) is 57.4 Å². The molecule has 2 N–H and O–H groups in total. The molecule has 8 aromatic rings. The molecule has 0 bridgehead atoms. The third kappa shape index (κ3) is 12.0. The van der Waals surface area contributed by atoms with Gasteiger partial charge in [-0.25, -0.2) is 27.5 Å². The molecule has 10 rings (SSSR count). The Morgan fingerprint density at radius 2 is 1.24 bits per heavy atom.